The molecule has 0 atom stereocenters. The number of rotatable bonds is 3. The molecule has 1 aliphatic rings. The Hall–Kier alpha value is -1.33. The fraction of sp³-hybridized carbons (Fsp3) is 0.444. The SMILES string of the molecule is CC(C)(C)c1csc(SCC(=O)N2CCc3ccccc3C2)n1. The van der Waals surface area contributed by atoms with Gasteiger partial charge < -0.3 is 4.90 Å². The quantitative estimate of drug-likeness (QED) is 0.784. The Morgan fingerprint density at radius 3 is 2.74 bits per heavy atom. The maximum Gasteiger partial charge on any atom is 0.233 e. The highest BCUT2D eigenvalue weighted by molar-refractivity contribution is 8.01. The number of benzene rings is 1. The molecule has 0 radical (unpaired) electrons. The molecule has 0 aliphatic carbocycles. The number of amides is 1. The van der Waals surface area contributed by atoms with Crippen LogP contribution in [0.25, 0.3) is 0 Å². The number of thiazole rings is 1. The molecule has 0 spiro atoms. The lowest BCUT2D eigenvalue weighted by atomic mass is 9.93. The molecule has 0 saturated carbocycles. The number of thioether (sulfide) groups is 1. The number of aromatic nitrogens is 1. The van der Waals surface area contributed by atoms with Crippen LogP contribution in [0.3, 0.4) is 0 Å². The second-order valence-electron chi connectivity index (χ2n) is 6.87. The molecule has 0 saturated heterocycles. The first-order valence-electron chi connectivity index (χ1n) is 7.87. The van der Waals surface area contributed by atoms with Gasteiger partial charge in [0.05, 0.1) is 11.4 Å². The summed E-state index contributed by atoms with van der Waals surface area (Å²) in [6, 6.07) is 8.40. The zero-order valence-corrected chi connectivity index (χ0v) is 15.5. The molecule has 5 heteroatoms. The molecule has 0 bridgehead atoms. The van der Waals surface area contributed by atoms with Crippen molar-refractivity contribution < 1.29 is 4.79 Å². The van der Waals surface area contributed by atoms with E-state index in [1.807, 2.05) is 11.0 Å². The van der Waals surface area contributed by atoms with Crippen molar-refractivity contribution in [3.8, 4) is 0 Å². The Balaban J connectivity index is 1.57. The van der Waals surface area contributed by atoms with Gasteiger partial charge in [0.15, 0.2) is 4.34 Å². The van der Waals surface area contributed by atoms with Gasteiger partial charge in [-0.2, -0.15) is 0 Å². The van der Waals surface area contributed by atoms with E-state index in [1.165, 1.54) is 11.1 Å². The minimum atomic E-state index is 0.0654. The highest BCUT2D eigenvalue weighted by atomic mass is 32.2. The summed E-state index contributed by atoms with van der Waals surface area (Å²) in [5, 5.41) is 2.10. The van der Waals surface area contributed by atoms with Gasteiger partial charge in [-0.05, 0) is 17.5 Å². The third-order valence-corrected chi connectivity index (χ3v) is 6.06. The number of nitrogens with zero attached hydrogens (tertiary/aromatic N) is 2. The van der Waals surface area contributed by atoms with Crippen LogP contribution in [-0.4, -0.2) is 28.1 Å². The van der Waals surface area contributed by atoms with E-state index >= 15 is 0 Å². The molecule has 1 aromatic heterocycles. The van der Waals surface area contributed by atoms with E-state index in [0.29, 0.717) is 5.75 Å². The minimum Gasteiger partial charge on any atom is -0.337 e. The molecule has 1 aliphatic heterocycles. The zero-order chi connectivity index (χ0) is 16.4. The molecular formula is C18H22N2OS2. The summed E-state index contributed by atoms with van der Waals surface area (Å²) in [6.07, 6.45) is 0.956. The number of hydrogen-bond donors (Lipinski definition) is 0. The molecule has 1 amide bonds. The average molecular weight is 347 g/mol. The van der Waals surface area contributed by atoms with Gasteiger partial charge in [0.2, 0.25) is 5.91 Å². The Morgan fingerprint density at radius 2 is 2.04 bits per heavy atom. The maximum atomic E-state index is 12.5. The Bertz CT molecular complexity index is 703. The van der Waals surface area contributed by atoms with Crippen molar-refractivity contribution in [3.63, 3.8) is 0 Å². The second kappa shape index (κ2) is 6.65. The molecule has 0 N–H and O–H groups in total. The fourth-order valence-corrected chi connectivity index (χ4v) is 4.55. The van der Waals surface area contributed by atoms with Crippen molar-refractivity contribution in [1.82, 2.24) is 9.88 Å². The summed E-state index contributed by atoms with van der Waals surface area (Å²) < 4.78 is 0.987. The van der Waals surface area contributed by atoms with Crippen LogP contribution in [0.4, 0.5) is 0 Å². The summed E-state index contributed by atoms with van der Waals surface area (Å²) in [5.41, 5.74) is 3.82. The van der Waals surface area contributed by atoms with Gasteiger partial charge in [-0.1, -0.05) is 56.8 Å². The van der Waals surface area contributed by atoms with Crippen molar-refractivity contribution in [1.29, 1.82) is 0 Å². The third kappa shape index (κ3) is 3.96. The van der Waals surface area contributed by atoms with Crippen molar-refractivity contribution in [2.45, 2.75) is 43.5 Å². The number of hydrogen-bond acceptors (Lipinski definition) is 4. The van der Waals surface area contributed by atoms with E-state index in [2.05, 4.69) is 49.3 Å². The first-order chi connectivity index (χ1) is 10.9. The van der Waals surface area contributed by atoms with Crippen LogP contribution in [0.1, 0.15) is 37.6 Å². The lowest BCUT2D eigenvalue weighted by Crippen LogP contribution is -2.37. The van der Waals surface area contributed by atoms with Gasteiger partial charge >= 0.3 is 0 Å². The van der Waals surface area contributed by atoms with Crippen molar-refractivity contribution in [2.24, 2.45) is 0 Å². The largest absolute Gasteiger partial charge is 0.337 e. The third-order valence-electron chi connectivity index (χ3n) is 4.05. The Labute approximate surface area is 146 Å². The van der Waals surface area contributed by atoms with E-state index in [0.717, 1.165) is 29.5 Å². The fourth-order valence-electron chi connectivity index (χ4n) is 2.59. The molecule has 0 unspecified atom stereocenters. The standard InChI is InChI=1S/C18H22N2OS2/c1-18(2,3)15-11-22-17(19-15)23-12-16(21)20-9-8-13-6-4-5-7-14(13)10-20/h4-7,11H,8-10,12H2,1-3H3. The molecule has 1 aromatic carbocycles. The van der Waals surface area contributed by atoms with Gasteiger partial charge in [-0.3, -0.25) is 4.79 Å². The van der Waals surface area contributed by atoms with E-state index in [4.69, 9.17) is 0 Å². The van der Waals surface area contributed by atoms with Crippen LogP contribution in [-0.2, 0) is 23.2 Å². The first-order valence-corrected chi connectivity index (χ1v) is 9.73. The maximum absolute atomic E-state index is 12.5. The molecule has 3 rings (SSSR count). The van der Waals surface area contributed by atoms with Crippen LogP contribution >= 0.6 is 23.1 Å². The van der Waals surface area contributed by atoms with E-state index in [9.17, 15) is 4.79 Å². The lowest BCUT2D eigenvalue weighted by molar-refractivity contribution is -0.129. The topological polar surface area (TPSA) is 33.2 Å². The second-order valence-corrected chi connectivity index (χ2v) is 8.95. The van der Waals surface area contributed by atoms with Gasteiger partial charge in [0.25, 0.3) is 0 Å². The lowest BCUT2D eigenvalue weighted by Gasteiger charge is -2.28. The zero-order valence-electron chi connectivity index (χ0n) is 13.8. The predicted molar refractivity (Wildman–Crippen MR) is 97.1 cm³/mol. The van der Waals surface area contributed by atoms with Gasteiger partial charge in [-0.15, -0.1) is 11.3 Å². The Morgan fingerprint density at radius 1 is 1.30 bits per heavy atom. The van der Waals surface area contributed by atoms with Crippen LogP contribution in [0.5, 0.6) is 0 Å². The molecule has 2 aromatic rings. The van der Waals surface area contributed by atoms with Crippen LogP contribution in [0.15, 0.2) is 34.0 Å². The summed E-state index contributed by atoms with van der Waals surface area (Å²) in [5.74, 6) is 0.677. The summed E-state index contributed by atoms with van der Waals surface area (Å²) in [6.45, 7) is 8.04. The number of carbonyl (C=O) groups excluding carboxylic acids is 1. The van der Waals surface area contributed by atoms with E-state index < -0.39 is 0 Å². The number of carbonyl (C=O) groups is 1. The summed E-state index contributed by atoms with van der Waals surface area (Å²) in [7, 11) is 0. The summed E-state index contributed by atoms with van der Waals surface area (Å²) in [4.78, 5) is 19.1. The molecule has 2 heterocycles. The van der Waals surface area contributed by atoms with Gasteiger partial charge in [0.1, 0.15) is 0 Å². The van der Waals surface area contributed by atoms with Crippen LogP contribution in [0, 0.1) is 0 Å². The molecule has 3 nitrogen and oxygen atoms in total. The van der Waals surface area contributed by atoms with Crippen molar-refractivity contribution >= 4 is 29.0 Å². The molecule has 122 valence electrons. The summed E-state index contributed by atoms with van der Waals surface area (Å²) >= 11 is 3.19. The van der Waals surface area contributed by atoms with Gasteiger partial charge in [-0.25, -0.2) is 4.98 Å². The van der Waals surface area contributed by atoms with E-state index in [-0.39, 0.29) is 11.3 Å². The molecule has 0 fully saturated rings. The number of fused-ring (bicyclic) bond motifs is 1. The first kappa shape index (κ1) is 16.5. The molecule has 23 heavy (non-hydrogen) atoms. The van der Waals surface area contributed by atoms with Gasteiger partial charge in [0, 0.05) is 23.9 Å². The van der Waals surface area contributed by atoms with Crippen LogP contribution < -0.4 is 0 Å². The van der Waals surface area contributed by atoms with Crippen molar-refractivity contribution in [2.75, 3.05) is 12.3 Å². The highest BCUT2D eigenvalue weighted by Gasteiger charge is 2.21. The smallest absolute Gasteiger partial charge is 0.233 e. The highest BCUT2D eigenvalue weighted by Crippen LogP contribution is 2.29. The Kier molecular flexibility index (Phi) is 4.78. The normalized spacial score (nSPS) is 14.7. The van der Waals surface area contributed by atoms with Crippen LogP contribution in [0.2, 0.25) is 0 Å². The van der Waals surface area contributed by atoms with Crippen molar-refractivity contribution in [3.05, 3.63) is 46.5 Å². The predicted octanol–water partition coefficient (Wildman–Crippen LogP) is 4.12. The molecular weight excluding hydrogens is 324 g/mol. The van der Waals surface area contributed by atoms with E-state index in [1.54, 1.807) is 23.1 Å². The average Bonchev–Trinajstić information content (AvgIpc) is 3.01. The minimum absolute atomic E-state index is 0.0654. The monoisotopic (exact) mass is 346 g/mol.